The van der Waals surface area contributed by atoms with Gasteiger partial charge in [0.1, 0.15) is 0 Å². The average Bonchev–Trinajstić information content (AvgIpc) is 3.00. The number of likely N-dealkylation sites (tertiary alicyclic amines) is 1. The van der Waals surface area contributed by atoms with E-state index in [4.69, 9.17) is 4.74 Å². The van der Waals surface area contributed by atoms with Crippen molar-refractivity contribution in [3.8, 4) is 0 Å². The highest BCUT2D eigenvalue weighted by Gasteiger charge is 2.33. The van der Waals surface area contributed by atoms with Gasteiger partial charge in [-0.3, -0.25) is 9.59 Å². The van der Waals surface area contributed by atoms with Gasteiger partial charge in [0.2, 0.25) is 5.91 Å². The van der Waals surface area contributed by atoms with E-state index >= 15 is 0 Å². The first-order valence-electron chi connectivity index (χ1n) is 14.9. The lowest BCUT2D eigenvalue weighted by Gasteiger charge is -2.32. The molecule has 2 atom stereocenters. The predicted molar refractivity (Wildman–Crippen MR) is 160 cm³/mol. The van der Waals surface area contributed by atoms with Gasteiger partial charge in [-0.25, -0.2) is 13.6 Å². The monoisotopic (exact) mass is 597 g/mol. The Kier molecular flexibility index (Phi) is 11.2. The van der Waals surface area contributed by atoms with Gasteiger partial charge in [0.15, 0.2) is 11.6 Å². The van der Waals surface area contributed by atoms with E-state index in [1.165, 1.54) is 18.7 Å². The third-order valence-electron chi connectivity index (χ3n) is 8.17. The fourth-order valence-electron chi connectivity index (χ4n) is 5.50. The van der Waals surface area contributed by atoms with Gasteiger partial charge in [-0.2, -0.15) is 0 Å². The smallest absolute Gasteiger partial charge is 0.319 e. The summed E-state index contributed by atoms with van der Waals surface area (Å²) in [6.07, 6.45) is 3.52. The van der Waals surface area contributed by atoms with Crippen molar-refractivity contribution in [1.82, 2.24) is 20.9 Å². The molecule has 2 aromatic carbocycles. The van der Waals surface area contributed by atoms with Gasteiger partial charge in [-0.15, -0.1) is 0 Å². The minimum Gasteiger partial charge on any atom is -0.378 e. The number of amides is 4. The molecule has 1 saturated heterocycles. The van der Waals surface area contributed by atoms with E-state index < -0.39 is 29.6 Å². The normalized spacial score (nSPS) is 18.5. The molecule has 0 spiro atoms. The van der Waals surface area contributed by atoms with Crippen LogP contribution in [0.2, 0.25) is 0 Å². The molecule has 1 fully saturated rings. The number of carbonyl (C=O) groups is 3. The zero-order chi connectivity index (χ0) is 30.9. The third kappa shape index (κ3) is 8.39. The van der Waals surface area contributed by atoms with Crippen LogP contribution in [0.25, 0.3) is 0 Å². The standard InChI is InChI=1S/C32H41F2N5O4/c1-4-20(2)30(40)36-24-8-5-7-22(17-24)21-11-15-39(16-12-21)14-6-13-35-31(41)28-27(19-43-3)37-32(42)38-29(28)23-9-10-25(33)26(34)18-23/h5,7-10,17-18,20-21,29H,4,6,11-16,19H2,1-3H3,(H,35,41)(H,36,40)(H2,37,38,42)/t20?,29-/m1/s1. The maximum Gasteiger partial charge on any atom is 0.319 e. The second-order valence-electron chi connectivity index (χ2n) is 11.2. The molecule has 4 rings (SSSR count). The number of hydrogen-bond acceptors (Lipinski definition) is 5. The van der Waals surface area contributed by atoms with Gasteiger partial charge in [0, 0.05) is 25.3 Å². The van der Waals surface area contributed by atoms with Crippen LogP contribution >= 0.6 is 0 Å². The molecular formula is C32H41F2N5O4. The third-order valence-corrected chi connectivity index (χ3v) is 8.17. The molecule has 1 unspecified atom stereocenters. The lowest BCUT2D eigenvalue weighted by molar-refractivity contribution is -0.119. The van der Waals surface area contributed by atoms with Gasteiger partial charge < -0.3 is 30.9 Å². The first kappa shape index (κ1) is 32.1. The Morgan fingerprint density at radius 3 is 2.56 bits per heavy atom. The predicted octanol–water partition coefficient (Wildman–Crippen LogP) is 4.59. The van der Waals surface area contributed by atoms with Crippen LogP contribution in [0.15, 0.2) is 53.7 Å². The summed E-state index contributed by atoms with van der Waals surface area (Å²) in [6, 6.07) is 9.89. The van der Waals surface area contributed by atoms with Crippen molar-refractivity contribution in [2.24, 2.45) is 5.92 Å². The number of piperidine rings is 1. The minimum absolute atomic E-state index is 0.0261. The van der Waals surface area contributed by atoms with Crippen molar-refractivity contribution >= 4 is 23.5 Å². The molecular weight excluding hydrogens is 556 g/mol. The highest BCUT2D eigenvalue weighted by Crippen LogP contribution is 2.30. The molecule has 4 amide bonds. The molecule has 4 N–H and O–H groups in total. The number of halogens is 2. The Morgan fingerprint density at radius 1 is 1.09 bits per heavy atom. The summed E-state index contributed by atoms with van der Waals surface area (Å²) in [5.41, 5.74) is 2.78. The molecule has 2 aromatic rings. The number of urea groups is 1. The van der Waals surface area contributed by atoms with Gasteiger partial charge in [-0.1, -0.05) is 32.0 Å². The second-order valence-corrected chi connectivity index (χ2v) is 11.2. The molecule has 0 bridgehead atoms. The number of benzene rings is 2. The number of carbonyl (C=O) groups excluding carboxylic acids is 3. The van der Waals surface area contributed by atoms with Crippen molar-refractivity contribution in [1.29, 1.82) is 0 Å². The van der Waals surface area contributed by atoms with Crippen LogP contribution in [-0.2, 0) is 14.3 Å². The molecule has 2 heterocycles. The molecule has 0 aromatic heterocycles. The Hall–Kier alpha value is -3.83. The second kappa shape index (κ2) is 15.1. The van der Waals surface area contributed by atoms with Crippen molar-refractivity contribution in [3.63, 3.8) is 0 Å². The summed E-state index contributed by atoms with van der Waals surface area (Å²) < 4.78 is 32.7. The van der Waals surface area contributed by atoms with E-state index in [0.29, 0.717) is 12.5 Å². The van der Waals surface area contributed by atoms with Crippen LogP contribution in [0, 0.1) is 17.6 Å². The molecule has 9 nitrogen and oxygen atoms in total. The molecule has 0 saturated carbocycles. The fraction of sp³-hybridized carbons (Fsp3) is 0.469. The van der Waals surface area contributed by atoms with Crippen LogP contribution < -0.4 is 21.3 Å². The van der Waals surface area contributed by atoms with E-state index in [-0.39, 0.29) is 35.3 Å². The number of nitrogens with one attached hydrogen (secondary N) is 4. The Labute approximate surface area is 251 Å². The van der Waals surface area contributed by atoms with Crippen molar-refractivity contribution in [3.05, 3.63) is 76.5 Å². The summed E-state index contributed by atoms with van der Waals surface area (Å²) >= 11 is 0. The van der Waals surface area contributed by atoms with E-state index in [2.05, 4.69) is 38.3 Å². The van der Waals surface area contributed by atoms with Crippen molar-refractivity contribution in [2.75, 3.05) is 45.2 Å². The SMILES string of the molecule is CCC(C)C(=O)Nc1cccc(C2CCN(CCCNC(=O)C3=C(COC)NC(=O)N[C@@H]3c3ccc(F)c(F)c3)CC2)c1. The molecule has 0 aliphatic carbocycles. The number of ether oxygens (including phenoxy) is 1. The molecule has 0 radical (unpaired) electrons. The van der Waals surface area contributed by atoms with Crippen LogP contribution in [0.1, 0.15) is 62.6 Å². The fourth-order valence-corrected chi connectivity index (χ4v) is 5.50. The first-order valence-corrected chi connectivity index (χ1v) is 14.9. The Bertz CT molecular complexity index is 1340. The maximum atomic E-state index is 14.0. The van der Waals surface area contributed by atoms with Gasteiger partial charge >= 0.3 is 6.03 Å². The number of hydrogen-bond donors (Lipinski definition) is 4. The van der Waals surface area contributed by atoms with Gasteiger partial charge in [0.25, 0.3) is 5.91 Å². The summed E-state index contributed by atoms with van der Waals surface area (Å²) in [7, 11) is 1.44. The molecule has 11 heteroatoms. The van der Waals surface area contributed by atoms with E-state index in [9.17, 15) is 23.2 Å². The van der Waals surface area contributed by atoms with Crippen LogP contribution in [0.3, 0.4) is 0 Å². The lowest BCUT2D eigenvalue weighted by Crippen LogP contribution is -2.48. The molecule has 2 aliphatic heterocycles. The zero-order valence-corrected chi connectivity index (χ0v) is 25.0. The molecule has 43 heavy (non-hydrogen) atoms. The van der Waals surface area contributed by atoms with E-state index in [0.717, 1.165) is 63.1 Å². The summed E-state index contributed by atoms with van der Waals surface area (Å²) in [6.45, 7) is 6.97. The summed E-state index contributed by atoms with van der Waals surface area (Å²) in [4.78, 5) is 40.2. The number of methoxy groups -OCH3 is 1. The average molecular weight is 598 g/mol. The Balaban J connectivity index is 1.29. The van der Waals surface area contributed by atoms with Crippen molar-refractivity contribution < 1.29 is 27.9 Å². The van der Waals surface area contributed by atoms with Crippen molar-refractivity contribution in [2.45, 2.75) is 51.5 Å². The quantitative estimate of drug-likeness (QED) is 0.268. The number of rotatable bonds is 12. The molecule has 2 aliphatic rings. The number of nitrogens with zero attached hydrogens (tertiary/aromatic N) is 1. The van der Waals surface area contributed by atoms with Crippen LogP contribution in [0.5, 0.6) is 0 Å². The van der Waals surface area contributed by atoms with Gasteiger partial charge in [-0.05, 0) is 86.6 Å². The van der Waals surface area contributed by atoms with E-state index in [1.54, 1.807) is 0 Å². The van der Waals surface area contributed by atoms with E-state index in [1.807, 2.05) is 26.0 Å². The summed E-state index contributed by atoms with van der Waals surface area (Å²) in [5.74, 6) is -2.07. The highest BCUT2D eigenvalue weighted by molar-refractivity contribution is 5.98. The highest BCUT2D eigenvalue weighted by atomic mass is 19.2. The van der Waals surface area contributed by atoms with Crippen LogP contribution in [-0.4, -0.2) is 62.6 Å². The largest absolute Gasteiger partial charge is 0.378 e. The van der Waals surface area contributed by atoms with Gasteiger partial charge in [0.05, 0.1) is 23.9 Å². The number of anilines is 1. The summed E-state index contributed by atoms with van der Waals surface area (Å²) in [5, 5.41) is 11.2. The zero-order valence-electron chi connectivity index (χ0n) is 25.0. The van der Waals surface area contributed by atoms with Crippen LogP contribution in [0.4, 0.5) is 19.3 Å². The lowest BCUT2D eigenvalue weighted by atomic mass is 9.89. The Morgan fingerprint density at radius 2 is 1.86 bits per heavy atom. The molecule has 232 valence electrons. The minimum atomic E-state index is -1.07. The first-order chi connectivity index (χ1) is 20.7. The maximum absolute atomic E-state index is 14.0. The topological polar surface area (TPSA) is 112 Å².